The lowest BCUT2D eigenvalue weighted by atomic mass is 10.5. The number of nitrogens with zero attached hydrogens (tertiary/aromatic N) is 2. The number of aryl methyl sites for hydroxylation is 1. The summed E-state index contributed by atoms with van der Waals surface area (Å²) in [5.74, 6) is 0. The zero-order valence-electron chi connectivity index (χ0n) is 6.09. The molecule has 2 nitrogen and oxygen atoms in total. The Hall–Kier alpha value is -0.440. The van der Waals surface area contributed by atoms with Crippen LogP contribution in [0.1, 0.15) is 25.8 Å². The highest BCUT2D eigenvalue weighted by Crippen LogP contribution is 1.99. The van der Waals surface area contributed by atoms with Gasteiger partial charge in [-0.15, -0.1) is 21.5 Å². The van der Waals surface area contributed by atoms with E-state index in [1.165, 1.54) is 0 Å². The van der Waals surface area contributed by atoms with E-state index in [0.717, 1.165) is 11.4 Å². The number of hydrogen-bond donors (Lipinski definition) is 0. The Morgan fingerprint density at radius 1 is 1.56 bits per heavy atom. The minimum Gasteiger partial charge on any atom is -0.147 e. The van der Waals surface area contributed by atoms with Gasteiger partial charge in [-0.2, -0.15) is 0 Å². The van der Waals surface area contributed by atoms with E-state index in [1.54, 1.807) is 16.8 Å². The van der Waals surface area contributed by atoms with Crippen LogP contribution >= 0.6 is 11.3 Å². The summed E-state index contributed by atoms with van der Waals surface area (Å²) < 4.78 is 0. The molecule has 0 saturated heterocycles. The first-order valence-corrected chi connectivity index (χ1v) is 4.06. The highest BCUT2D eigenvalue weighted by atomic mass is 32.1. The lowest BCUT2D eigenvalue weighted by Gasteiger charge is -1.74. The zero-order valence-corrected chi connectivity index (χ0v) is 6.90. The molecule has 9 heavy (non-hydrogen) atoms. The smallest absolute Gasteiger partial charge is 0.116 e. The van der Waals surface area contributed by atoms with Crippen LogP contribution in [-0.2, 0) is 6.42 Å². The lowest BCUT2D eigenvalue weighted by molar-refractivity contribution is 0.984. The van der Waals surface area contributed by atoms with Crippen molar-refractivity contribution < 1.29 is 0 Å². The Kier molecular flexibility index (Phi) is 5.41. The number of hydrogen-bond acceptors (Lipinski definition) is 3. The Bertz CT molecular complexity index is 126. The monoisotopic (exact) mass is 144 g/mol. The van der Waals surface area contributed by atoms with E-state index in [0.29, 0.717) is 0 Å². The minimum absolute atomic E-state index is 1.00. The van der Waals surface area contributed by atoms with Gasteiger partial charge in [-0.3, -0.25) is 0 Å². The van der Waals surface area contributed by atoms with Crippen LogP contribution < -0.4 is 0 Å². The average Bonchev–Trinajstić information content (AvgIpc) is 2.43. The first kappa shape index (κ1) is 8.56. The molecule has 0 spiro atoms. The summed E-state index contributed by atoms with van der Waals surface area (Å²) in [5, 5.41) is 8.58. The van der Waals surface area contributed by atoms with E-state index in [2.05, 4.69) is 17.1 Å². The molecule has 0 bridgehead atoms. The third-order valence-corrected chi connectivity index (χ3v) is 1.55. The van der Waals surface area contributed by atoms with Crippen molar-refractivity contribution in [3.63, 3.8) is 0 Å². The maximum absolute atomic E-state index is 3.80. The largest absolute Gasteiger partial charge is 0.147 e. The number of aromatic nitrogens is 2. The fourth-order valence-corrected chi connectivity index (χ4v) is 0.827. The third kappa shape index (κ3) is 3.19. The van der Waals surface area contributed by atoms with Crippen LogP contribution in [0.25, 0.3) is 0 Å². The molecule has 0 aliphatic carbocycles. The van der Waals surface area contributed by atoms with E-state index in [1.807, 2.05) is 13.8 Å². The quantitative estimate of drug-likeness (QED) is 0.603. The summed E-state index contributed by atoms with van der Waals surface area (Å²) in [6.45, 7) is 6.07. The normalized spacial score (nSPS) is 7.89. The van der Waals surface area contributed by atoms with Gasteiger partial charge in [0.2, 0.25) is 0 Å². The summed E-state index contributed by atoms with van der Waals surface area (Å²) in [5.41, 5.74) is 1.75. The predicted molar refractivity (Wildman–Crippen MR) is 40.6 cm³/mol. The fourth-order valence-electron chi connectivity index (χ4n) is 0.350. The molecule has 1 aromatic heterocycles. The molecular weight excluding hydrogens is 132 g/mol. The lowest BCUT2D eigenvalue weighted by Crippen LogP contribution is -1.74. The van der Waals surface area contributed by atoms with Gasteiger partial charge in [0.05, 0.1) is 0 Å². The van der Waals surface area contributed by atoms with Crippen LogP contribution in [0, 0.1) is 0 Å². The summed E-state index contributed by atoms with van der Waals surface area (Å²) in [7, 11) is 0. The molecule has 1 rings (SSSR count). The summed E-state index contributed by atoms with van der Waals surface area (Å²) in [6.07, 6.45) is 1.00. The molecule has 0 amide bonds. The van der Waals surface area contributed by atoms with Crippen molar-refractivity contribution in [2.24, 2.45) is 0 Å². The van der Waals surface area contributed by atoms with Gasteiger partial charge >= 0.3 is 0 Å². The van der Waals surface area contributed by atoms with Gasteiger partial charge in [0.15, 0.2) is 0 Å². The molecule has 0 saturated carbocycles. The molecule has 0 atom stereocenters. The first-order chi connectivity index (χ1) is 4.43. The maximum Gasteiger partial charge on any atom is 0.116 e. The maximum atomic E-state index is 3.80. The van der Waals surface area contributed by atoms with Gasteiger partial charge in [0.1, 0.15) is 10.5 Å². The Morgan fingerprint density at radius 3 is 2.44 bits per heavy atom. The molecule has 0 aliphatic rings. The van der Waals surface area contributed by atoms with Crippen LogP contribution in [0.2, 0.25) is 0 Å². The van der Waals surface area contributed by atoms with Crippen molar-refractivity contribution in [3.8, 4) is 0 Å². The Morgan fingerprint density at radius 2 is 2.22 bits per heavy atom. The molecule has 1 heterocycles. The van der Waals surface area contributed by atoms with Crippen molar-refractivity contribution in [2.45, 2.75) is 27.2 Å². The van der Waals surface area contributed by atoms with Crippen molar-refractivity contribution in [3.05, 3.63) is 10.5 Å². The van der Waals surface area contributed by atoms with Gasteiger partial charge in [0.25, 0.3) is 0 Å². The second-order valence-corrected chi connectivity index (χ2v) is 2.10. The van der Waals surface area contributed by atoms with E-state index in [-0.39, 0.29) is 0 Å². The van der Waals surface area contributed by atoms with E-state index < -0.39 is 0 Å². The average molecular weight is 144 g/mol. The first-order valence-electron chi connectivity index (χ1n) is 3.18. The van der Waals surface area contributed by atoms with Gasteiger partial charge in [-0.25, -0.2) is 0 Å². The molecule has 0 aliphatic heterocycles. The molecule has 3 heteroatoms. The number of rotatable bonds is 1. The molecule has 52 valence electrons. The summed E-state index contributed by atoms with van der Waals surface area (Å²) in [4.78, 5) is 0. The van der Waals surface area contributed by atoms with Crippen molar-refractivity contribution >= 4 is 11.3 Å². The second-order valence-electron chi connectivity index (χ2n) is 1.19. The van der Waals surface area contributed by atoms with Crippen LogP contribution in [0.4, 0.5) is 0 Å². The van der Waals surface area contributed by atoms with Crippen LogP contribution in [0.3, 0.4) is 0 Å². The summed E-state index contributed by atoms with van der Waals surface area (Å²) >= 11 is 1.60. The highest BCUT2D eigenvalue weighted by molar-refractivity contribution is 7.09. The van der Waals surface area contributed by atoms with Crippen LogP contribution in [0.5, 0.6) is 0 Å². The van der Waals surface area contributed by atoms with E-state index in [4.69, 9.17) is 0 Å². The van der Waals surface area contributed by atoms with Gasteiger partial charge in [0, 0.05) is 0 Å². The standard InChI is InChI=1S/C4H6N2S.C2H6/c1-2-4-6-5-3-7-4;1-2/h3H,2H2,1H3;1-2H3. The molecule has 0 unspecified atom stereocenters. The molecule has 0 aromatic carbocycles. The van der Waals surface area contributed by atoms with Crippen LogP contribution in [0.15, 0.2) is 5.51 Å². The molecular formula is C6H12N2S. The topological polar surface area (TPSA) is 25.8 Å². The fraction of sp³-hybridized carbons (Fsp3) is 0.667. The van der Waals surface area contributed by atoms with Crippen LogP contribution in [-0.4, -0.2) is 10.2 Å². The molecule has 1 aromatic rings. The van der Waals surface area contributed by atoms with Gasteiger partial charge in [-0.05, 0) is 6.42 Å². The van der Waals surface area contributed by atoms with Crippen molar-refractivity contribution in [1.82, 2.24) is 10.2 Å². The SMILES string of the molecule is CC.CCc1nncs1. The third-order valence-electron chi connectivity index (χ3n) is 0.708. The van der Waals surface area contributed by atoms with E-state index >= 15 is 0 Å². The molecule has 0 radical (unpaired) electrons. The Balaban J connectivity index is 0.000000291. The van der Waals surface area contributed by atoms with Gasteiger partial charge < -0.3 is 0 Å². The minimum atomic E-state index is 1.00. The molecule has 0 N–H and O–H groups in total. The highest BCUT2D eigenvalue weighted by Gasteiger charge is 1.86. The second kappa shape index (κ2) is 5.69. The van der Waals surface area contributed by atoms with Gasteiger partial charge in [-0.1, -0.05) is 20.8 Å². The van der Waals surface area contributed by atoms with E-state index in [9.17, 15) is 0 Å². The molecule has 0 fully saturated rings. The summed E-state index contributed by atoms with van der Waals surface area (Å²) in [6, 6.07) is 0. The Labute approximate surface area is 59.9 Å². The van der Waals surface area contributed by atoms with Crippen molar-refractivity contribution in [1.29, 1.82) is 0 Å². The predicted octanol–water partition coefficient (Wildman–Crippen LogP) is 2.13. The van der Waals surface area contributed by atoms with Crippen molar-refractivity contribution in [2.75, 3.05) is 0 Å². The zero-order chi connectivity index (χ0) is 7.11.